The summed E-state index contributed by atoms with van der Waals surface area (Å²) < 4.78 is 11.4. The fourth-order valence-corrected chi connectivity index (χ4v) is 6.44. The van der Waals surface area contributed by atoms with Crippen LogP contribution in [-0.4, -0.2) is 59.4 Å². The van der Waals surface area contributed by atoms with E-state index in [9.17, 15) is 9.59 Å². The van der Waals surface area contributed by atoms with Gasteiger partial charge in [-0.25, -0.2) is 0 Å². The maximum atomic E-state index is 14.0. The Labute approximate surface area is 205 Å². The number of para-hydroxylation sites is 2. The fourth-order valence-electron chi connectivity index (χ4n) is 6.44. The van der Waals surface area contributed by atoms with E-state index >= 15 is 0 Å². The van der Waals surface area contributed by atoms with Crippen molar-refractivity contribution >= 4 is 22.7 Å². The highest BCUT2D eigenvalue weighted by atomic mass is 16.5. The minimum atomic E-state index is -0.536. The number of carbonyl (C=O) groups excluding carboxylic acids is 2. The number of ether oxygens (including phenoxy) is 2. The van der Waals surface area contributed by atoms with Crippen molar-refractivity contribution in [3.8, 4) is 11.5 Å². The molecule has 1 aromatic heterocycles. The molecule has 182 valence electrons. The molecule has 2 fully saturated rings. The van der Waals surface area contributed by atoms with Crippen LogP contribution in [0, 0.1) is 0 Å². The lowest BCUT2D eigenvalue weighted by Gasteiger charge is -2.49. The summed E-state index contributed by atoms with van der Waals surface area (Å²) in [6.45, 7) is 0.137. The average Bonchev–Trinajstić information content (AvgIpc) is 3.28. The lowest BCUT2D eigenvalue weighted by Crippen LogP contribution is -2.65. The van der Waals surface area contributed by atoms with Gasteiger partial charge in [0, 0.05) is 34.6 Å². The quantitative estimate of drug-likeness (QED) is 0.616. The Hall–Kier alpha value is -3.48. The third kappa shape index (κ3) is 3.39. The topological polar surface area (TPSA) is 74.9 Å². The molecular weight excluding hydrogens is 442 g/mol. The van der Waals surface area contributed by atoms with Gasteiger partial charge in [0.2, 0.25) is 11.8 Å². The first-order valence-electron chi connectivity index (χ1n) is 12.5. The highest BCUT2D eigenvalue weighted by Crippen LogP contribution is 2.47. The molecule has 2 aliphatic heterocycles. The molecule has 1 N–H and O–H groups in total. The molecule has 1 saturated heterocycles. The van der Waals surface area contributed by atoms with Crippen LogP contribution >= 0.6 is 0 Å². The Morgan fingerprint density at radius 3 is 2.51 bits per heavy atom. The van der Waals surface area contributed by atoms with Gasteiger partial charge in [-0.3, -0.25) is 9.59 Å². The smallest absolute Gasteiger partial charge is 0.246 e. The van der Waals surface area contributed by atoms with Gasteiger partial charge in [0.1, 0.15) is 18.6 Å². The third-order valence-corrected chi connectivity index (χ3v) is 8.04. The van der Waals surface area contributed by atoms with Crippen molar-refractivity contribution in [2.45, 2.75) is 56.7 Å². The van der Waals surface area contributed by atoms with E-state index in [1.165, 1.54) is 6.42 Å². The van der Waals surface area contributed by atoms with Gasteiger partial charge in [-0.15, -0.1) is 0 Å². The summed E-state index contributed by atoms with van der Waals surface area (Å²) in [5, 5.41) is 1.10. The number of amides is 2. The van der Waals surface area contributed by atoms with Crippen LogP contribution in [0.25, 0.3) is 10.9 Å². The molecule has 2 aromatic carbocycles. The number of carbonyl (C=O) groups is 2. The summed E-state index contributed by atoms with van der Waals surface area (Å²) >= 11 is 0. The zero-order valence-corrected chi connectivity index (χ0v) is 20.3. The molecule has 0 bridgehead atoms. The Bertz CT molecular complexity index is 1290. The standard InChI is InChI=1S/C28H31N3O4/c1-34-23-14-8-12-19(27(23)35-2)26-25-20(18-11-6-7-13-21(18)29-25)15-22-28(33)30(16-24(32)31(22)26)17-9-4-3-5-10-17/h6-8,11-14,17,22,26,29H,3-5,9-10,15-16H2,1-2H3/t22-,26-/m0/s1. The molecule has 3 heterocycles. The molecule has 6 rings (SSSR count). The van der Waals surface area contributed by atoms with Crippen molar-refractivity contribution in [3.05, 3.63) is 59.3 Å². The number of fused-ring (bicyclic) bond motifs is 4. The van der Waals surface area contributed by atoms with E-state index in [1.54, 1.807) is 19.1 Å². The Morgan fingerprint density at radius 1 is 0.943 bits per heavy atom. The lowest BCUT2D eigenvalue weighted by molar-refractivity contribution is -0.161. The first-order chi connectivity index (χ1) is 17.1. The first-order valence-corrected chi connectivity index (χ1v) is 12.5. The molecule has 1 aliphatic carbocycles. The number of methoxy groups -OCH3 is 2. The fraction of sp³-hybridized carbons (Fsp3) is 0.429. The van der Waals surface area contributed by atoms with Crippen LogP contribution < -0.4 is 9.47 Å². The zero-order valence-electron chi connectivity index (χ0n) is 20.3. The second-order valence-electron chi connectivity index (χ2n) is 9.83. The van der Waals surface area contributed by atoms with Crippen LogP contribution in [0.15, 0.2) is 42.5 Å². The van der Waals surface area contributed by atoms with Gasteiger partial charge >= 0.3 is 0 Å². The molecule has 0 unspecified atom stereocenters. The molecule has 1 saturated carbocycles. The predicted molar refractivity (Wildman–Crippen MR) is 133 cm³/mol. The van der Waals surface area contributed by atoms with Gasteiger partial charge < -0.3 is 24.3 Å². The van der Waals surface area contributed by atoms with Crippen molar-refractivity contribution in [3.63, 3.8) is 0 Å². The number of hydrogen-bond donors (Lipinski definition) is 1. The first kappa shape index (κ1) is 22.0. The minimum Gasteiger partial charge on any atom is -0.493 e. The van der Waals surface area contributed by atoms with Gasteiger partial charge in [-0.05, 0) is 30.5 Å². The van der Waals surface area contributed by atoms with Crippen LogP contribution in [0.4, 0.5) is 0 Å². The molecule has 35 heavy (non-hydrogen) atoms. The summed E-state index contributed by atoms with van der Waals surface area (Å²) in [5.41, 5.74) is 3.87. The minimum absolute atomic E-state index is 0.0145. The molecule has 7 heteroatoms. The van der Waals surface area contributed by atoms with Gasteiger partial charge in [0.05, 0.1) is 14.2 Å². The summed E-state index contributed by atoms with van der Waals surface area (Å²) in [5.74, 6) is 1.24. The number of aromatic nitrogens is 1. The lowest BCUT2D eigenvalue weighted by atomic mass is 9.84. The van der Waals surface area contributed by atoms with E-state index in [2.05, 4.69) is 11.1 Å². The second kappa shape index (κ2) is 8.63. The number of nitrogens with one attached hydrogen (secondary N) is 1. The van der Waals surface area contributed by atoms with Crippen molar-refractivity contribution in [2.24, 2.45) is 0 Å². The van der Waals surface area contributed by atoms with Crippen molar-refractivity contribution < 1.29 is 19.1 Å². The van der Waals surface area contributed by atoms with E-state index in [1.807, 2.05) is 41.3 Å². The van der Waals surface area contributed by atoms with Gasteiger partial charge in [0.25, 0.3) is 0 Å². The maximum absolute atomic E-state index is 14.0. The monoisotopic (exact) mass is 473 g/mol. The number of aromatic amines is 1. The Morgan fingerprint density at radius 2 is 1.74 bits per heavy atom. The van der Waals surface area contributed by atoms with Crippen LogP contribution in [0.5, 0.6) is 11.5 Å². The third-order valence-electron chi connectivity index (χ3n) is 8.04. The van der Waals surface area contributed by atoms with Gasteiger partial charge in [-0.1, -0.05) is 49.6 Å². The number of hydrogen-bond acceptors (Lipinski definition) is 4. The van der Waals surface area contributed by atoms with Crippen LogP contribution in [0.3, 0.4) is 0 Å². The number of nitrogens with zero attached hydrogens (tertiary/aromatic N) is 2. The number of rotatable bonds is 4. The van der Waals surface area contributed by atoms with E-state index in [0.717, 1.165) is 53.4 Å². The second-order valence-corrected chi connectivity index (χ2v) is 9.83. The summed E-state index contributed by atoms with van der Waals surface area (Å²) in [4.78, 5) is 35.1. The Balaban J connectivity index is 1.52. The number of H-pyrrole nitrogens is 1. The molecule has 3 aliphatic rings. The van der Waals surface area contributed by atoms with E-state index in [-0.39, 0.29) is 24.4 Å². The molecule has 2 amide bonds. The molecule has 3 aromatic rings. The SMILES string of the molecule is COc1cccc([C@H]2c3[nH]c4ccccc4c3C[C@H]3C(=O)N(C4CCCCC4)CC(=O)N23)c1OC. The molecule has 7 nitrogen and oxygen atoms in total. The maximum Gasteiger partial charge on any atom is 0.246 e. The normalized spacial score (nSPS) is 22.8. The predicted octanol–water partition coefficient (Wildman–Crippen LogP) is 4.20. The van der Waals surface area contributed by atoms with E-state index < -0.39 is 12.1 Å². The van der Waals surface area contributed by atoms with Crippen LogP contribution in [-0.2, 0) is 16.0 Å². The largest absolute Gasteiger partial charge is 0.493 e. The van der Waals surface area contributed by atoms with E-state index in [4.69, 9.17) is 9.47 Å². The average molecular weight is 474 g/mol. The van der Waals surface area contributed by atoms with Crippen LogP contribution in [0.1, 0.15) is 55.0 Å². The molecule has 0 radical (unpaired) electrons. The van der Waals surface area contributed by atoms with Gasteiger partial charge in [0.15, 0.2) is 11.5 Å². The molecule has 2 atom stereocenters. The van der Waals surface area contributed by atoms with E-state index in [0.29, 0.717) is 17.9 Å². The summed E-state index contributed by atoms with van der Waals surface area (Å²) in [6.07, 6.45) is 5.92. The summed E-state index contributed by atoms with van der Waals surface area (Å²) in [7, 11) is 3.22. The zero-order chi connectivity index (χ0) is 24.1. The highest BCUT2D eigenvalue weighted by molar-refractivity contribution is 5.98. The Kier molecular flexibility index (Phi) is 5.43. The number of benzene rings is 2. The summed E-state index contributed by atoms with van der Waals surface area (Å²) in [6, 6.07) is 13.0. The highest BCUT2D eigenvalue weighted by Gasteiger charge is 2.50. The van der Waals surface area contributed by atoms with Gasteiger partial charge in [-0.2, -0.15) is 0 Å². The molecule has 0 spiro atoms. The van der Waals surface area contributed by atoms with Crippen LogP contribution in [0.2, 0.25) is 0 Å². The van der Waals surface area contributed by atoms with Crippen molar-refractivity contribution in [2.75, 3.05) is 20.8 Å². The van der Waals surface area contributed by atoms with Crippen molar-refractivity contribution in [1.82, 2.24) is 14.8 Å². The number of piperazine rings is 1. The molecular formula is C28H31N3O4. The van der Waals surface area contributed by atoms with Crippen molar-refractivity contribution in [1.29, 1.82) is 0 Å².